The zero-order chi connectivity index (χ0) is 34.8. The van der Waals surface area contributed by atoms with Crippen LogP contribution in [0.4, 0.5) is 17.1 Å². The summed E-state index contributed by atoms with van der Waals surface area (Å²) in [5, 5.41) is 7.47. The van der Waals surface area contributed by atoms with Gasteiger partial charge in [0.25, 0.3) is 0 Å². The molecule has 0 aromatic heterocycles. The van der Waals surface area contributed by atoms with Crippen LogP contribution in [-0.2, 0) is 5.41 Å². The van der Waals surface area contributed by atoms with E-state index < -0.39 is 0 Å². The maximum atomic E-state index is 2.50. The van der Waals surface area contributed by atoms with Crippen molar-refractivity contribution in [2.45, 2.75) is 19.3 Å². The molecule has 52 heavy (non-hydrogen) atoms. The predicted octanol–water partition coefficient (Wildman–Crippen LogP) is 14.3. The van der Waals surface area contributed by atoms with Crippen LogP contribution in [0, 0.1) is 0 Å². The van der Waals surface area contributed by atoms with Gasteiger partial charge in [0.1, 0.15) is 0 Å². The van der Waals surface area contributed by atoms with Gasteiger partial charge in [0.05, 0.1) is 11.4 Å². The van der Waals surface area contributed by atoms with Crippen LogP contribution in [-0.4, -0.2) is 0 Å². The van der Waals surface area contributed by atoms with Crippen molar-refractivity contribution in [3.63, 3.8) is 0 Å². The number of fused-ring (bicyclic) bond motifs is 7. The van der Waals surface area contributed by atoms with E-state index in [-0.39, 0.29) is 5.41 Å². The molecule has 0 aliphatic heterocycles. The fraction of sp³-hybridized carbons (Fsp3) is 0.0588. The molecular formula is C51H37N. The van der Waals surface area contributed by atoms with Gasteiger partial charge >= 0.3 is 0 Å². The van der Waals surface area contributed by atoms with Crippen LogP contribution in [0.3, 0.4) is 0 Å². The minimum atomic E-state index is -0.184. The Balaban J connectivity index is 1.13. The van der Waals surface area contributed by atoms with Crippen molar-refractivity contribution in [2.75, 3.05) is 4.90 Å². The fourth-order valence-electron chi connectivity index (χ4n) is 8.56. The van der Waals surface area contributed by atoms with Gasteiger partial charge < -0.3 is 4.90 Å². The number of rotatable bonds is 5. The molecule has 0 fully saturated rings. The summed E-state index contributed by atoms with van der Waals surface area (Å²) >= 11 is 0. The Labute approximate surface area is 305 Å². The number of nitrogens with zero attached hydrogens (tertiary/aromatic N) is 1. The molecule has 0 bridgehead atoms. The summed E-state index contributed by atoms with van der Waals surface area (Å²) in [7, 11) is 0. The molecule has 1 nitrogen and oxygen atoms in total. The first-order chi connectivity index (χ1) is 25.5. The quantitative estimate of drug-likeness (QED) is 0.166. The minimum Gasteiger partial charge on any atom is -0.309 e. The van der Waals surface area contributed by atoms with E-state index in [1.165, 1.54) is 88.2 Å². The Hall–Kier alpha value is -6.44. The zero-order valence-corrected chi connectivity index (χ0v) is 29.3. The van der Waals surface area contributed by atoms with Gasteiger partial charge in [-0.1, -0.05) is 172 Å². The van der Waals surface area contributed by atoms with E-state index in [1.807, 2.05) is 0 Å². The van der Waals surface area contributed by atoms with Crippen LogP contribution in [0.1, 0.15) is 25.0 Å². The van der Waals surface area contributed by atoms with Crippen LogP contribution >= 0.6 is 0 Å². The smallest absolute Gasteiger partial charge is 0.0546 e. The molecule has 1 aliphatic rings. The molecule has 0 saturated carbocycles. The monoisotopic (exact) mass is 663 g/mol. The molecule has 0 radical (unpaired) electrons. The van der Waals surface area contributed by atoms with Gasteiger partial charge in [0, 0.05) is 21.9 Å². The van der Waals surface area contributed by atoms with Crippen molar-refractivity contribution < 1.29 is 0 Å². The minimum absolute atomic E-state index is 0.184. The fourth-order valence-corrected chi connectivity index (χ4v) is 8.56. The van der Waals surface area contributed by atoms with Crippen LogP contribution < -0.4 is 4.90 Å². The summed E-state index contributed by atoms with van der Waals surface area (Å²) in [5.41, 5.74) is 13.7. The lowest BCUT2D eigenvalue weighted by molar-refractivity contribution is 0.660. The van der Waals surface area contributed by atoms with Crippen molar-refractivity contribution in [1.82, 2.24) is 0 Å². The first-order valence-corrected chi connectivity index (χ1v) is 18.2. The van der Waals surface area contributed by atoms with Crippen LogP contribution in [0.25, 0.3) is 65.7 Å². The summed E-state index contributed by atoms with van der Waals surface area (Å²) in [6.45, 7) is 4.77. The van der Waals surface area contributed by atoms with Gasteiger partial charge in [-0.15, -0.1) is 0 Å². The molecule has 0 N–H and O–H groups in total. The summed E-state index contributed by atoms with van der Waals surface area (Å²) in [6, 6.07) is 69.2. The van der Waals surface area contributed by atoms with Crippen LogP contribution in [0.15, 0.2) is 188 Å². The van der Waals surface area contributed by atoms with Gasteiger partial charge in [-0.2, -0.15) is 0 Å². The molecule has 9 aromatic carbocycles. The van der Waals surface area contributed by atoms with Gasteiger partial charge in [-0.05, 0) is 96.4 Å². The van der Waals surface area contributed by atoms with Gasteiger partial charge in [0.15, 0.2) is 0 Å². The Kier molecular flexibility index (Phi) is 6.91. The highest BCUT2D eigenvalue weighted by atomic mass is 15.1. The maximum Gasteiger partial charge on any atom is 0.0546 e. The lowest BCUT2D eigenvalue weighted by Crippen LogP contribution is -2.17. The van der Waals surface area contributed by atoms with Crippen LogP contribution in [0.2, 0.25) is 0 Å². The number of hydrogen-bond acceptors (Lipinski definition) is 1. The molecular weight excluding hydrogens is 627 g/mol. The molecule has 1 aliphatic carbocycles. The van der Waals surface area contributed by atoms with Gasteiger partial charge in [-0.3, -0.25) is 0 Å². The third-order valence-electron chi connectivity index (χ3n) is 11.2. The predicted molar refractivity (Wildman–Crippen MR) is 222 cm³/mol. The third kappa shape index (κ3) is 4.77. The molecule has 1 heteroatoms. The van der Waals surface area contributed by atoms with E-state index in [4.69, 9.17) is 0 Å². The second-order valence-corrected chi connectivity index (χ2v) is 14.6. The number of benzene rings is 9. The van der Waals surface area contributed by atoms with Gasteiger partial charge in [-0.25, -0.2) is 0 Å². The largest absolute Gasteiger partial charge is 0.309 e. The Morgan fingerprint density at radius 3 is 1.65 bits per heavy atom. The molecule has 10 rings (SSSR count). The van der Waals surface area contributed by atoms with E-state index >= 15 is 0 Å². The molecule has 0 atom stereocenters. The molecule has 0 amide bonds. The molecule has 0 heterocycles. The number of hydrogen-bond donors (Lipinski definition) is 0. The van der Waals surface area contributed by atoms with Crippen molar-refractivity contribution in [3.05, 3.63) is 199 Å². The lowest BCUT2D eigenvalue weighted by atomic mass is 9.81. The molecule has 9 aromatic rings. The van der Waals surface area contributed by atoms with E-state index in [1.54, 1.807) is 0 Å². The molecule has 0 spiro atoms. The molecule has 0 unspecified atom stereocenters. The first-order valence-electron chi connectivity index (χ1n) is 18.2. The molecule has 0 saturated heterocycles. The van der Waals surface area contributed by atoms with E-state index in [9.17, 15) is 0 Å². The summed E-state index contributed by atoms with van der Waals surface area (Å²) in [5.74, 6) is 0. The third-order valence-corrected chi connectivity index (χ3v) is 11.2. The highest BCUT2D eigenvalue weighted by Crippen LogP contribution is 2.52. The highest BCUT2D eigenvalue weighted by Gasteiger charge is 2.36. The van der Waals surface area contributed by atoms with Gasteiger partial charge in [0.2, 0.25) is 0 Å². The second-order valence-electron chi connectivity index (χ2n) is 14.6. The summed E-state index contributed by atoms with van der Waals surface area (Å²) in [4.78, 5) is 2.50. The second kappa shape index (κ2) is 11.8. The summed E-state index contributed by atoms with van der Waals surface area (Å²) < 4.78 is 0. The molecule has 246 valence electrons. The Morgan fingerprint density at radius 2 is 0.885 bits per heavy atom. The highest BCUT2D eigenvalue weighted by molar-refractivity contribution is 6.15. The average molecular weight is 664 g/mol. The SMILES string of the molecule is CC1(C)c2cc(-c3ccc(-c4ccccc4)cc3)ccc2-c2ccc(N(c3cccc4ccccc34)c3cc4ccccc4c4ccccc34)cc21. The van der Waals surface area contributed by atoms with Crippen molar-refractivity contribution in [1.29, 1.82) is 0 Å². The van der Waals surface area contributed by atoms with Crippen molar-refractivity contribution in [3.8, 4) is 33.4 Å². The van der Waals surface area contributed by atoms with Crippen LogP contribution in [0.5, 0.6) is 0 Å². The topological polar surface area (TPSA) is 3.24 Å². The Morgan fingerprint density at radius 1 is 0.346 bits per heavy atom. The Bertz CT molecular complexity index is 2800. The lowest BCUT2D eigenvalue weighted by Gasteiger charge is -2.30. The normalized spacial score (nSPS) is 13.0. The first kappa shape index (κ1) is 30.4. The van der Waals surface area contributed by atoms with E-state index in [0.29, 0.717) is 0 Å². The van der Waals surface area contributed by atoms with E-state index in [2.05, 4.69) is 207 Å². The zero-order valence-electron chi connectivity index (χ0n) is 29.3. The summed E-state index contributed by atoms with van der Waals surface area (Å²) in [6.07, 6.45) is 0. The van der Waals surface area contributed by atoms with Crippen molar-refractivity contribution in [2.24, 2.45) is 0 Å². The average Bonchev–Trinajstić information content (AvgIpc) is 3.43. The number of anilines is 3. The maximum absolute atomic E-state index is 2.50. The standard InChI is InChI=1S/C51H37N/c1-51(2)47-31-38(36-25-23-35(24-26-36)34-13-4-3-5-14-34)27-29-44(47)45-30-28-40(33-48(45)51)52(49-22-12-17-37-15-6-9-19-42(37)49)50-32-39-16-7-8-18-41(39)43-20-10-11-21-46(43)50/h3-33H,1-2H3. The van der Waals surface area contributed by atoms with E-state index in [0.717, 1.165) is 5.69 Å². The van der Waals surface area contributed by atoms with Crippen molar-refractivity contribution >= 4 is 49.4 Å².